The Morgan fingerprint density at radius 3 is 2.58 bits per heavy atom. The summed E-state index contributed by atoms with van der Waals surface area (Å²) in [7, 11) is 1.80. The van der Waals surface area contributed by atoms with E-state index in [9.17, 15) is 18.7 Å². The van der Waals surface area contributed by atoms with Gasteiger partial charge in [-0.1, -0.05) is 12.1 Å². The SMILES string of the molecule is C/C(=N/C(OCc1ccc(F)cc1F)=C(/C)C=O)N(C)c1cccc(-c2ccnc(C(C)(C)O)n2)c1. The standard InChI is InChI=1S/C27H28F2N4O3/c1-17(15-34)25(36-16-20-9-10-21(28)14-23(20)29)31-18(2)33(5)22-8-6-7-19(13-22)24-11-12-30-26(32-24)27(3,4)35/h6-15,35H,16H2,1-5H3/b25-17+,31-18-. The summed E-state index contributed by atoms with van der Waals surface area (Å²) in [5, 5.41) is 10.2. The normalized spacial score (nSPS) is 12.7. The van der Waals surface area contributed by atoms with E-state index < -0.39 is 17.2 Å². The third kappa shape index (κ3) is 6.57. The van der Waals surface area contributed by atoms with Crippen LogP contribution in [0.4, 0.5) is 14.5 Å². The van der Waals surface area contributed by atoms with E-state index in [4.69, 9.17) is 4.74 Å². The van der Waals surface area contributed by atoms with Crippen LogP contribution in [0.5, 0.6) is 0 Å². The molecule has 0 radical (unpaired) electrons. The van der Waals surface area contributed by atoms with E-state index in [-0.39, 0.29) is 23.6 Å². The van der Waals surface area contributed by atoms with Gasteiger partial charge in [-0.05, 0) is 58.0 Å². The molecular weight excluding hydrogens is 466 g/mol. The van der Waals surface area contributed by atoms with Crippen LogP contribution in [0.3, 0.4) is 0 Å². The molecule has 0 spiro atoms. The Hall–Kier alpha value is -3.98. The van der Waals surface area contributed by atoms with Crippen molar-refractivity contribution in [1.82, 2.24) is 9.97 Å². The Labute approximate surface area is 208 Å². The number of allylic oxidation sites excluding steroid dienone is 1. The molecule has 36 heavy (non-hydrogen) atoms. The van der Waals surface area contributed by atoms with Gasteiger partial charge in [0.15, 0.2) is 12.1 Å². The van der Waals surface area contributed by atoms with Crippen molar-refractivity contribution in [2.75, 3.05) is 11.9 Å². The molecule has 0 fully saturated rings. The number of nitrogens with zero attached hydrogens (tertiary/aromatic N) is 4. The van der Waals surface area contributed by atoms with Gasteiger partial charge in [-0.3, -0.25) is 4.79 Å². The summed E-state index contributed by atoms with van der Waals surface area (Å²) in [6, 6.07) is 12.5. The lowest BCUT2D eigenvalue weighted by atomic mass is 10.1. The lowest BCUT2D eigenvalue weighted by Crippen LogP contribution is -2.24. The Morgan fingerprint density at radius 2 is 1.92 bits per heavy atom. The number of ether oxygens (including phenoxy) is 1. The number of rotatable bonds is 8. The van der Waals surface area contributed by atoms with Crippen LogP contribution in [-0.4, -0.2) is 34.2 Å². The summed E-state index contributed by atoms with van der Waals surface area (Å²) in [5.74, 6) is -0.592. The number of anilines is 1. The molecule has 0 aliphatic heterocycles. The largest absolute Gasteiger partial charge is 0.472 e. The summed E-state index contributed by atoms with van der Waals surface area (Å²) in [6.07, 6.45) is 2.20. The quantitative estimate of drug-likeness (QED) is 0.153. The van der Waals surface area contributed by atoms with Crippen LogP contribution in [0.1, 0.15) is 39.1 Å². The highest BCUT2D eigenvalue weighted by Crippen LogP contribution is 2.25. The van der Waals surface area contributed by atoms with Crippen LogP contribution in [0.15, 0.2) is 71.2 Å². The fourth-order valence-electron chi connectivity index (χ4n) is 3.17. The van der Waals surface area contributed by atoms with Gasteiger partial charge in [-0.25, -0.2) is 23.7 Å². The lowest BCUT2D eigenvalue weighted by Gasteiger charge is -2.21. The Balaban J connectivity index is 1.86. The second-order valence-electron chi connectivity index (χ2n) is 8.72. The predicted molar refractivity (Wildman–Crippen MR) is 134 cm³/mol. The third-order valence-corrected chi connectivity index (χ3v) is 5.37. The zero-order valence-electron chi connectivity index (χ0n) is 20.8. The van der Waals surface area contributed by atoms with Gasteiger partial charge in [0.05, 0.1) is 11.3 Å². The summed E-state index contributed by atoms with van der Waals surface area (Å²) < 4.78 is 32.8. The highest BCUT2D eigenvalue weighted by atomic mass is 19.1. The number of benzene rings is 2. The molecule has 0 saturated heterocycles. The van der Waals surface area contributed by atoms with Crippen LogP contribution >= 0.6 is 0 Å². The van der Waals surface area contributed by atoms with Crippen LogP contribution in [0.25, 0.3) is 11.3 Å². The molecule has 0 aliphatic rings. The fourth-order valence-corrected chi connectivity index (χ4v) is 3.17. The van der Waals surface area contributed by atoms with Gasteiger partial charge in [0.25, 0.3) is 0 Å². The third-order valence-electron chi connectivity index (χ3n) is 5.37. The molecule has 1 aromatic heterocycles. The number of aromatic nitrogens is 2. The minimum Gasteiger partial charge on any atom is -0.472 e. The molecule has 0 aliphatic carbocycles. The highest BCUT2D eigenvalue weighted by molar-refractivity contribution is 5.96. The fraction of sp³-hybridized carbons (Fsp3) is 0.259. The van der Waals surface area contributed by atoms with Gasteiger partial charge in [-0.15, -0.1) is 0 Å². The first-order valence-electron chi connectivity index (χ1n) is 11.2. The number of aliphatic imine (C=N–C) groups is 1. The maximum absolute atomic E-state index is 14.0. The van der Waals surface area contributed by atoms with E-state index in [0.717, 1.165) is 23.4 Å². The molecule has 1 heterocycles. The molecule has 2 aromatic carbocycles. The molecule has 3 rings (SSSR count). The number of carbonyl (C=O) groups excluding carboxylic acids is 1. The first-order valence-corrected chi connectivity index (χ1v) is 11.2. The smallest absolute Gasteiger partial charge is 0.221 e. The van der Waals surface area contributed by atoms with E-state index >= 15 is 0 Å². The maximum atomic E-state index is 14.0. The number of amidine groups is 1. The van der Waals surface area contributed by atoms with E-state index in [1.165, 1.54) is 13.0 Å². The molecule has 188 valence electrons. The van der Waals surface area contributed by atoms with Crippen LogP contribution in [0.2, 0.25) is 0 Å². The average Bonchev–Trinajstić information content (AvgIpc) is 2.86. The van der Waals surface area contributed by atoms with Gasteiger partial charge in [0, 0.05) is 36.1 Å². The molecule has 0 amide bonds. The van der Waals surface area contributed by atoms with E-state index in [2.05, 4.69) is 15.0 Å². The monoisotopic (exact) mass is 494 g/mol. The van der Waals surface area contributed by atoms with Crippen molar-refractivity contribution in [2.24, 2.45) is 4.99 Å². The zero-order chi connectivity index (χ0) is 26.5. The highest BCUT2D eigenvalue weighted by Gasteiger charge is 2.20. The van der Waals surface area contributed by atoms with Crippen molar-refractivity contribution < 1.29 is 23.4 Å². The number of carbonyl (C=O) groups is 1. The van der Waals surface area contributed by atoms with Crippen LogP contribution < -0.4 is 4.90 Å². The number of halogens is 2. The summed E-state index contributed by atoms with van der Waals surface area (Å²) in [4.78, 5) is 26.3. The Bertz CT molecular complexity index is 1320. The van der Waals surface area contributed by atoms with Crippen molar-refractivity contribution in [3.05, 3.63) is 89.2 Å². The number of aldehydes is 1. The van der Waals surface area contributed by atoms with Gasteiger partial charge in [0.1, 0.15) is 29.7 Å². The molecular formula is C27H28F2N4O3. The Kier molecular flexibility index (Phi) is 8.26. The molecule has 9 heteroatoms. The van der Waals surface area contributed by atoms with Crippen molar-refractivity contribution in [2.45, 2.75) is 39.9 Å². The molecule has 1 N–H and O–H groups in total. The predicted octanol–water partition coefficient (Wildman–Crippen LogP) is 5.15. The second kappa shape index (κ2) is 11.2. The number of hydrogen-bond acceptors (Lipinski definition) is 6. The number of hydrogen-bond donors (Lipinski definition) is 1. The van der Waals surface area contributed by atoms with Crippen LogP contribution in [0, 0.1) is 11.6 Å². The maximum Gasteiger partial charge on any atom is 0.221 e. The van der Waals surface area contributed by atoms with Crippen molar-refractivity contribution in [3.8, 4) is 11.3 Å². The molecule has 0 saturated carbocycles. The minimum atomic E-state index is -1.18. The van der Waals surface area contributed by atoms with Gasteiger partial charge in [-0.2, -0.15) is 0 Å². The van der Waals surface area contributed by atoms with Crippen molar-refractivity contribution in [1.29, 1.82) is 0 Å². The van der Waals surface area contributed by atoms with Gasteiger partial charge < -0.3 is 14.7 Å². The van der Waals surface area contributed by atoms with Crippen molar-refractivity contribution in [3.63, 3.8) is 0 Å². The summed E-state index contributed by atoms with van der Waals surface area (Å²) in [6.45, 7) is 6.30. The average molecular weight is 495 g/mol. The molecule has 3 aromatic rings. The van der Waals surface area contributed by atoms with Crippen LogP contribution in [-0.2, 0) is 21.7 Å². The minimum absolute atomic E-state index is 0.0276. The lowest BCUT2D eigenvalue weighted by molar-refractivity contribution is -0.105. The van der Waals surface area contributed by atoms with E-state index in [1.54, 1.807) is 45.0 Å². The van der Waals surface area contributed by atoms with E-state index in [1.807, 2.05) is 24.3 Å². The second-order valence-corrected chi connectivity index (χ2v) is 8.72. The van der Waals surface area contributed by atoms with Crippen molar-refractivity contribution >= 4 is 17.8 Å². The molecule has 0 bridgehead atoms. The van der Waals surface area contributed by atoms with Gasteiger partial charge in [0.2, 0.25) is 5.88 Å². The topological polar surface area (TPSA) is 87.9 Å². The van der Waals surface area contributed by atoms with Gasteiger partial charge >= 0.3 is 0 Å². The first-order chi connectivity index (χ1) is 17.0. The summed E-state index contributed by atoms with van der Waals surface area (Å²) in [5.41, 5.74) is 1.42. The van der Waals surface area contributed by atoms with E-state index in [0.29, 0.717) is 23.6 Å². The zero-order valence-corrected chi connectivity index (χ0v) is 20.8. The summed E-state index contributed by atoms with van der Waals surface area (Å²) >= 11 is 0. The molecule has 7 nitrogen and oxygen atoms in total. The molecule has 0 atom stereocenters. The first kappa shape index (κ1) is 26.6. The Morgan fingerprint density at radius 1 is 1.17 bits per heavy atom. The number of aliphatic hydroxyl groups is 1. The molecule has 0 unspecified atom stereocenters.